The molecule has 0 saturated carbocycles. The van der Waals surface area contributed by atoms with Gasteiger partial charge in [-0.15, -0.1) is 0 Å². The molecular formula is C19H15ClINO4. The molecular weight excluding hydrogens is 469 g/mol. The number of carbonyl (C=O) groups is 1. The van der Waals surface area contributed by atoms with E-state index in [0.29, 0.717) is 23.0 Å². The van der Waals surface area contributed by atoms with Gasteiger partial charge in [-0.05, 0) is 34.2 Å². The van der Waals surface area contributed by atoms with Crippen molar-refractivity contribution in [3.63, 3.8) is 0 Å². The van der Waals surface area contributed by atoms with Crippen molar-refractivity contribution in [3.05, 3.63) is 72.6 Å². The number of benzene rings is 2. The summed E-state index contributed by atoms with van der Waals surface area (Å²) < 4.78 is 11.4. The number of carbonyl (C=O) groups excluding carboxylic acids is 1. The van der Waals surface area contributed by atoms with Crippen molar-refractivity contribution >= 4 is 51.3 Å². The lowest BCUT2D eigenvalue weighted by Crippen LogP contribution is -2.25. The average molecular weight is 484 g/mol. The molecule has 26 heavy (non-hydrogen) atoms. The van der Waals surface area contributed by atoms with Crippen molar-refractivity contribution in [1.82, 2.24) is 4.90 Å². The SMILES string of the molecule is CN(C)C(=O)Oc1cc2oc(=O)c(Cc3ccccc3)c(I)c2cc1Cl. The molecule has 1 amide bonds. The molecule has 134 valence electrons. The van der Waals surface area contributed by atoms with Crippen LogP contribution in [0.1, 0.15) is 11.1 Å². The van der Waals surface area contributed by atoms with Gasteiger partial charge in [0.2, 0.25) is 0 Å². The third-order valence-corrected chi connectivity index (χ3v) is 5.30. The van der Waals surface area contributed by atoms with Crippen LogP contribution in [0.4, 0.5) is 4.79 Å². The van der Waals surface area contributed by atoms with Crippen molar-refractivity contribution in [2.24, 2.45) is 0 Å². The Morgan fingerprint density at radius 3 is 2.58 bits per heavy atom. The van der Waals surface area contributed by atoms with E-state index < -0.39 is 11.7 Å². The molecule has 0 spiro atoms. The van der Waals surface area contributed by atoms with Crippen LogP contribution in [-0.4, -0.2) is 25.1 Å². The summed E-state index contributed by atoms with van der Waals surface area (Å²) in [5.41, 5.74) is 1.48. The van der Waals surface area contributed by atoms with Crippen LogP contribution in [0, 0.1) is 3.57 Å². The van der Waals surface area contributed by atoms with Crippen LogP contribution in [0.25, 0.3) is 11.0 Å². The van der Waals surface area contributed by atoms with Gasteiger partial charge in [-0.1, -0.05) is 41.9 Å². The molecule has 5 nitrogen and oxygen atoms in total. The van der Waals surface area contributed by atoms with Crippen LogP contribution in [0.2, 0.25) is 5.02 Å². The topological polar surface area (TPSA) is 59.8 Å². The summed E-state index contributed by atoms with van der Waals surface area (Å²) in [5.74, 6) is 0.146. The third kappa shape index (κ3) is 3.86. The highest BCUT2D eigenvalue weighted by Gasteiger charge is 2.17. The lowest BCUT2D eigenvalue weighted by Gasteiger charge is -2.13. The number of nitrogens with zero attached hydrogens (tertiary/aromatic N) is 1. The van der Waals surface area contributed by atoms with Gasteiger partial charge in [0.05, 0.1) is 10.6 Å². The highest BCUT2D eigenvalue weighted by atomic mass is 127. The summed E-state index contributed by atoms with van der Waals surface area (Å²) in [6.07, 6.45) is -0.101. The predicted octanol–water partition coefficient (Wildman–Crippen LogP) is 4.70. The molecule has 2 aromatic carbocycles. The Hall–Kier alpha value is -2.06. The van der Waals surface area contributed by atoms with E-state index in [1.165, 1.54) is 11.0 Å². The molecule has 3 rings (SSSR count). The van der Waals surface area contributed by atoms with Crippen LogP contribution >= 0.6 is 34.2 Å². The van der Waals surface area contributed by atoms with E-state index in [2.05, 4.69) is 22.6 Å². The molecule has 0 bridgehead atoms. The molecule has 0 aliphatic rings. The van der Waals surface area contributed by atoms with Gasteiger partial charge in [-0.25, -0.2) is 9.59 Å². The Balaban J connectivity index is 2.07. The van der Waals surface area contributed by atoms with E-state index in [0.717, 1.165) is 9.13 Å². The lowest BCUT2D eigenvalue weighted by molar-refractivity contribution is 0.172. The first-order valence-corrected chi connectivity index (χ1v) is 9.20. The summed E-state index contributed by atoms with van der Waals surface area (Å²) in [4.78, 5) is 25.5. The molecule has 0 atom stereocenters. The number of halogens is 2. The van der Waals surface area contributed by atoms with Gasteiger partial charge >= 0.3 is 11.7 Å². The van der Waals surface area contributed by atoms with Crippen LogP contribution < -0.4 is 10.4 Å². The van der Waals surface area contributed by atoms with E-state index in [1.807, 2.05) is 30.3 Å². The van der Waals surface area contributed by atoms with Gasteiger partial charge in [0.1, 0.15) is 5.58 Å². The first-order chi connectivity index (χ1) is 12.4. The van der Waals surface area contributed by atoms with Crippen molar-refractivity contribution in [2.45, 2.75) is 6.42 Å². The van der Waals surface area contributed by atoms with E-state index in [4.69, 9.17) is 20.8 Å². The molecule has 0 saturated heterocycles. The Bertz CT molecular complexity index is 1030. The molecule has 0 N–H and O–H groups in total. The summed E-state index contributed by atoms with van der Waals surface area (Å²) in [7, 11) is 3.13. The Morgan fingerprint density at radius 1 is 1.23 bits per heavy atom. The second kappa shape index (κ2) is 7.67. The smallest absolute Gasteiger partial charge is 0.414 e. The van der Waals surface area contributed by atoms with Crippen molar-refractivity contribution in [3.8, 4) is 5.75 Å². The van der Waals surface area contributed by atoms with Crippen molar-refractivity contribution < 1.29 is 13.9 Å². The number of rotatable bonds is 3. The molecule has 0 fully saturated rings. The molecule has 3 aromatic rings. The highest BCUT2D eigenvalue weighted by Crippen LogP contribution is 2.33. The zero-order valence-corrected chi connectivity index (χ0v) is 17.0. The molecule has 7 heteroatoms. The fourth-order valence-corrected chi connectivity index (χ4v) is 3.45. The van der Waals surface area contributed by atoms with Crippen LogP contribution in [0.3, 0.4) is 0 Å². The summed E-state index contributed by atoms with van der Waals surface area (Å²) >= 11 is 8.38. The predicted molar refractivity (Wildman–Crippen MR) is 109 cm³/mol. The molecule has 0 aliphatic heterocycles. The van der Waals surface area contributed by atoms with Crippen molar-refractivity contribution in [2.75, 3.05) is 14.1 Å². The zero-order chi connectivity index (χ0) is 18.8. The van der Waals surface area contributed by atoms with E-state index in [1.54, 1.807) is 20.2 Å². The van der Waals surface area contributed by atoms with E-state index in [9.17, 15) is 9.59 Å². The van der Waals surface area contributed by atoms with Gasteiger partial charge < -0.3 is 14.1 Å². The minimum absolute atomic E-state index is 0.146. The largest absolute Gasteiger partial charge is 0.422 e. The molecule has 0 unspecified atom stereocenters. The van der Waals surface area contributed by atoms with E-state index >= 15 is 0 Å². The van der Waals surface area contributed by atoms with Crippen LogP contribution in [0.15, 0.2) is 51.7 Å². The Morgan fingerprint density at radius 2 is 1.92 bits per heavy atom. The maximum atomic E-state index is 12.5. The van der Waals surface area contributed by atoms with Gasteiger partial charge in [0.25, 0.3) is 0 Å². The average Bonchev–Trinajstić information content (AvgIpc) is 2.61. The fraction of sp³-hybridized carbons (Fsp3) is 0.158. The highest BCUT2D eigenvalue weighted by molar-refractivity contribution is 14.1. The molecule has 0 aliphatic carbocycles. The molecule has 1 heterocycles. The molecule has 0 radical (unpaired) electrons. The van der Waals surface area contributed by atoms with Gasteiger partial charge in [0.15, 0.2) is 5.75 Å². The normalized spacial score (nSPS) is 10.8. The van der Waals surface area contributed by atoms with E-state index in [-0.39, 0.29) is 10.8 Å². The van der Waals surface area contributed by atoms with Crippen LogP contribution in [0.5, 0.6) is 5.75 Å². The summed E-state index contributed by atoms with van der Waals surface area (Å²) in [5, 5.41) is 0.968. The maximum Gasteiger partial charge on any atom is 0.414 e. The summed E-state index contributed by atoms with van der Waals surface area (Å²) in [6, 6.07) is 12.8. The fourth-order valence-electron chi connectivity index (χ4n) is 2.42. The van der Waals surface area contributed by atoms with Crippen LogP contribution in [-0.2, 0) is 6.42 Å². The first-order valence-electron chi connectivity index (χ1n) is 7.74. The number of amides is 1. The third-order valence-electron chi connectivity index (χ3n) is 3.77. The van der Waals surface area contributed by atoms with Gasteiger partial charge in [-0.2, -0.15) is 0 Å². The number of fused-ring (bicyclic) bond motifs is 1. The molecule has 1 aromatic heterocycles. The maximum absolute atomic E-state index is 12.5. The number of hydrogen-bond donors (Lipinski definition) is 0. The van der Waals surface area contributed by atoms with Gasteiger partial charge in [0, 0.05) is 35.5 Å². The number of ether oxygens (including phenoxy) is 1. The zero-order valence-electron chi connectivity index (χ0n) is 14.1. The standard InChI is InChI=1S/C19H15ClINO4/c1-22(2)19(24)26-16-10-15-12(9-14(16)20)17(21)13(18(23)25-15)8-11-6-4-3-5-7-11/h3-7,9-10H,8H2,1-2H3. The van der Waals surface area contributed by atoms with Gasteiger partial charge in [-0.3, -0.25) is 0 Å². The lowest BCUT2D eigenvalue weighted by atomic mass is 10.1. The minimum Gasteiger partial charge on any atom is -0.422 e. The second-order valence-corrected chi connectivity index (χ2v) is 7.37. The summed E-state index contributed by atoms with van der Waals surface area (Å²) in [6.45, 7) is 0. The Kier molecular flexibility index (Phi) is 5.52. The monoisotopic (exact) mass is 483 g/mol. The first kappa shape index (κ1) is 18.7. The quantitative estimate of drug-likeness (QED) is 0.400. The van der Waals surface area contributed by atoms with Crippen molar-refractivity contribution in [1.29, 1.82) is 0 Å². The Labute approximate surface area is 168 Å². The number of hydrogen-bond acceptors (Lipinski definition) is 4. The second-order valence-electron chi connectivity index (χ2n) is 5.89. The minimum atomic E-state index is -0.566.